The van der Waals surface area contributed by atoms with E-state index in [1.165, 1.54) is 0 Å². The van der Waals surface area contributed by atoms with Crippen LogP contribution in [0.25, 0.3) is 0 Å². The number of hydrogen-bond donors (Lipinski definition) is 3. The molecule has 0 aromatic heterocycles. The van der Waals surface area contributed by atoms with Crippen LogP contribution in [0.15, 0.2) is 72.8 Å². The number of urea groups is 1. The predicted molar refractivity (Wildman–Crippen MR) is 177 cm³/mol. The van der Waals surface area contributed by atoms with Gasteiger partial charge in [0.1, 0.15) is 5.78 Å². The molecule has 0 saturated carbocycles. The predicted octanol–water partition coefficient (Wildman–Crippen LogP) is 5.28. The van der Waals surface area contributed by atoms with Gasteiger partial charge in [-0.05, 0) is 108 Å². The zero-order valence-electron chi connectivity index (χ0n) is 26.3. The Morgan fingerprint density at radius 2 is 1.11 bits per heavy atom. The van der Waals surface area contributed by atoms with E-state index < -0.39 is 0 Å². The first-order valence-corrected chi connectivity index (χ1v) is 15.1. The van der Waals surface area contributed by atoms with Crippen molar-refractivity contribution in [1.29, 1.82) is 0 Å². The normalized spacial score (nSPS) is 11.0. The molecule has 0 aliphatic heterocycles. The molecule has 0 bridgehead atoms. The fraction of sp³-hybridized carbons (Fsp3) is 0.371. The second kappa shape index (κ2) is 17.7. The summed E-state index contributed by atoms with van der Waals surface area (Å²) in [6, 6.07) is 20.8. The molecule has 0 unspecified atom stereocenters. The molecule has 9 heteroatoms. The molecule has 0 spiro atoms. The Morgan fingerprint density at radius 3 is 1.70 bits per heavy atom. The number of nitrogens with one attached hydrogen (secondary N) is 3. The summed E-state index contributed by atoms with van der Waals surface area (Å²) in [6.45, 7) is 2.47. The summed E-state index contributed by atoms with van der Waals surface area (Å²) in [5.41, 5.74) is 3.98. The van der Waals surface area contributed by atoms with Crippen LogP contribution in [0, 0.1) is 0 Å². The minimum Gasteiger partial charge on any atom is -0.338 e. The average molecular weight is 600 g/mol. The summed E-state index contributed by atoms with van der Waals surface area (Å²) in [5, 5.41) is 8.49. The number of benzene rings is 3. The highest BCUT2D eigenvalue weighted by molar-refractivity contribution is 6.05. The van der Waals surface area contributed by atoms with Gasteiger partial charge in [0, 0.05) is 48.3 Å². The fourth-order valence-electron chi connectivity index (χ4n) is 4.55. The largest absolute Gasteiger partial charge is 0.338 e. The van der Waals surface area contributed by atoms with Crippen molar-refractivity contribution in [1.82, 2.24) is 15.1 Å². The van der Waals surface area contributed by atoms with Gasteiger partial charge in [-0.1, -0.05) is 36.4 Å². The maximum absolute atomic E-state index is 12.8. The van der Waals surface area contributed by atoms with Crippen LogP contribution in [-0.4, -0.2) is 81.1 Å². The van der Waals surface area contributed by atoms with Crippen LogP contribution < -0.4 is 16.0 Å². The monoisotopic (exact) mass is 599 g/mol. The highest BCUT2D eigenvalue weighted by Gasteiger charge is 2.12. The van der Waals surface area contributed by atoms with Crippen LogP contribution in [0.5, 0.6) is 0 Å². The standard InChI is InChI=1S/C35H45N5O4/c1-39(2)22-6-5-8-32(41)24-26-9-17-30(18-10-26)37-34(43)29-15-13-28(14-16-29)33(42)25-27-11-19-31(20-12-27)38-35(44)36-21-7-23-40(3)4/h9-20H,5-8,21-25H2,1-4H3,(H,37,43)(H2,36,38,44). The molecule has 0 aliphatic rings. The Hall–Kier alpha value is -4.34. The number of nitrogens with zero attached hydrogens (tertiary/aromatic N) is 2. The molecular formula is C35H45N5O4. The summed E-state index contributed by atoms with van der Waals surface area (Å²) >= 11 is 0. The van der Waals surface area contributed by atoms with Crippen LogP contribution >= 0.6 is 0 Å². The van der Waals surface area contributed by atoms with Gasteiger partial charge in [-0.15, -0.1) is 0 Å². The van der Waals surface area contributed by atoms with Crippen molar-refractivity contribution in [3.63, 3.8) is 0 Å². The van der Waals surface area contributed by atoms with E-state index in [1.54, 1.807) is 48.5 Å². The Morgan fingerprint density at radius 1 is 0.591 bits per heavy atom. The van der Waals surface area contributed by atoms with Crippen LogP contribution in [0.1, 0.15) is 57.5 Å². The number of ketones is 2. The summed E-state index contributed by atoms with van der Waals surface area (Å²) in [5.74, 6) is -0.131. The minimum atomic E-state index is -0.279. The lowest BCUT2D eigenvalue weighted by molar-refractivity contribution is -0.118. The molecule has 0 atom stereocenters. The molecule has 44 heavy (non-hydrogen) atoms. The Kier molecular flexibility index (Phi) is 13.7. The molecule has 234 valence electrons. The third kappa shape index (κ3) is 12.5. The van der Waals surface area contributed by atoms with Crippen LogP contribution in [0.2, 0.25) is 0 Å². The van der Waals surface area contributed by atoms with E-state index in [-0.39, 0.29) is 29.9 Å². The van der Waals surface area contributed by atoms with Gasteiger partial charge in [0.05, 0.1) is 0 Å². The lowest BCUT2D eigenvalue weighted by Crippen LogP contribution is -2.31. The molecule has 3 N–H and O–H groups in total. The number of anilines is 2. The van der Waals surface area contributed by atoms with Gasteiger partial charge in [-0.25, -0.2) is 4.79 Å². The van der Waals surface area contributed by atoms with E-state index in [2.05, 4.69) is 25.8 Å². The quantitative estimate of drug-likeness (QED) is 0.144. The Labute approximate surface area is 261 Å². The molecule has 3 amide bonds. The zero-order chi connectivity index (χ0) is 31.9. The first-order valence-electron chi connectivity index (χ1n) is 15.1. The number of carbonyl (C=O) groups excluding carboxylic acids is 4. The SMILES string of the molecule is CN(C)CCCCC(=O)Cc1ccc(NC(=O)c2ccc(C(=O)Cc3ccc(NC(=O)NCCCN(C)C)cc3)cc2)cc1. The average Bonchev–Trinajstić information content (AvgIpc) is 2.99. The van der Waals surface area contributed by atoms with E-state index in [1.807, 2.05) is 52.5 Å². The third-order valence-electron chi connectivity index (χ3n) is 7.04. The maximum Gasteiger partial charge on any atom is 0.319 e. The fourth-order valence-corrected chi connectivity index (χ4v) is 4.55. The summed E-state index contributed by atoms with van der Waals surface area (Å²) < 4.78 is 0. The van der Waals surface area contributed by atoms with E-state index in [0.717, 1.165) is 43.5 Å². The van der Waals surface area contributed by atoms with Gasteiger partial charge >= 0.3 is 6.03 Å². The number of hydrogen-bond acceptors (Lipinski definition) is 6. The molecule has 3 rings (SSSR count). The topological polar surface area (TPSA) is 111 Å². The zero-order valence-corrected chi connectivity index (χ0v) is 26.3. The first-order chi connectivity index (χ1) is 21.1. The molecule has 9 nitrogen and oxygen atoms in total. The van der Waals surface area contributed by atoms with Gasteiger partial charge in [-0.2, -0.15) is 0 Å². The van der Waals surface area contributed by atoms with Gasteiger partial charge < -0.3 is 25.8 Å². The molecule has 3 aromatic carbocycles. The van der Waals surface area contributed by atoms with Crippen molar-refractivity contribution < 1.29 is 19.2 Å². The second-order valence-corrected chi connectivity index (χ2v) is 11.5. The van der Waals surface area contributed by atoms with Crippen LogP contribution in [0.3, 0.4) is 0 Å². The van der Waals surface area contributed by atoms with Crippen molar-refractivity contribution >= 4 is 34.9 Å². The lowest BCUT2D eigenvalue weighted by Gasteiger charge is -2.11. The van der Waals surface area contributed by atoms with Gasteiger partial charge in [0.15, 0.2) is 5.78 Å². The van der Waals surface area contributed by atoms with Crippen LogP contribution in [0.4, 0.5) is 16.2 Å². The minimum absolute atomic E-state index is 0.0702. The third-order valence-corrected chi connectivity index (χ3v) is 7.04. The maximum atomic E-state index is 12.8. The van der Waals surface area contributed by atoms with E-state index >= 15 is 0 Å². The van der Waals surface area contributed by atoms with E-state index in [4.69, 9.17) is 0 Å². The molecule has 0 radical (unpaired) electrons. The molecule has 0 fully saturated rings. The van der Waals surface area contributed by atoms with Crippen molar-refractivity contribution in [2.45, 2.75) is 38.5 Å². The summed E-state index contributed by atoms with van der Waals surface area (Å²) in [7, 11) is 8.04. The lowest BCUT2D eigenvalue weighted by atomic mass is 10.0. The van der Waals surface area contributed by atoms with Crippen LogP contribution in [-0.2, 0) is 17.6 Å². The Balaban J connectivity index is 1.43. The number of Topliss-reactive ketones (excluding diaryl/α,β-unsaturated/α-hetero) is 2. The number of carbonyl (C=O) groups is 4. The van der Waals surface area contributed by atoms with Crippen molar-refractivity contribution in [2.75, 3.05) is 58.5 Å². The number of unbranched alkanes of at least 4 members (excludes halogenated alkanes) is 1. The molecule has 3 aromatic rings. The van der Waals surface area contributed by atoms with Gasteiger partial charge in [-0.3, -0.25) is 14.4 Å². The molecule has 0 aliphatic carbocycles. The molecule has 0 saturated heterocycles. The van der Waals surface area contributed by atoms with Crippen molar-refractivity contribution in [3.05, 3.63) is 95.1 Å². The van der Waals surface area contributed by atoms with Gasteiger partial charge in [0.25, 0.3) is 5.91 Å². The van der Waals surface area contributed by atoms with E-state index in [9.17, 15) is 19.2 Å². The second-order valence-electron chi connectivity index (χ2n) is 11.5. The highest BCUT2D eigenvalue weighted by Crippen LogP contribution is 2.16. The smallest absolute Gasteiger partial charge is 0.319 e. The summed E-state index contributed by atoms with van der Waals surface area (Å²) in [6.07, 6.45) is 3.93. The summed E-state index contributed by atoms with van der Waals surface area (Å²) in [4.78, 5) is 54.1. The van der Waals surface area contributed by atoms with Gasteiger partial charge in [0.2, 0.25) is 0 Å². The molecular weight excluding hydrogens is 554 g/mol. The number of amides is 3. The molecule has 0 heterocycles. The first kappa shape index (κ1) is 34.2. The number of rotatable bonds is 17. The van der Waals surface area contributed by atoms with E-state index in [0.29, 0.717) is 41.9 Å². The van der Waals surface area contributed by atoms with Crippen molar-refractivity contribution in [2.24, 2.45) is 0 Å². The highest BCUT2D eigenvalue weighted by atomic mass is 16.2. The Bertz CT molecular complexity index is 1260. The van der Waals surface area contributed by atoms with Crippen molar-refractivity contribution in [3.8, 4) is 0 Å².